The van der Waals surface area contributed by atoms with Crippen molar-refractivity contribution in [1.82, 2.24) is 9.97 Å². The number of hydrogen-bond donors (Lipinski definition) is 2. The van der Waals surface area contributed by atoms with Crippen LogP contribution >= 0.6 is 43.5 Å². The number of rotatable bonds is 6. The third kappa shape index (κ3) is 4.24. The zero-order valence-electron chi connectivity index (χ0n) is 11.1. The van der Waals surface area contributed by atoms with Gasteiger partial charge in [-0.25, -0.2) is 4.98 Å². The monoisotopic (exact) mass is 419 g/mol. The highest BCUT2D eigenvalue weighted by molar-refractivity contribution is 9.11. The third-order valence-corrected chi connectivity index (χ3v) is 4.43. The van der Waals surface area contributed by atoms with Gasteiger partial charge in [-0.2, -0.15) is 0 Å². The predicted molar refractivity (Wildman–Crippen MR) is 91.4 cm³/mol. The van der Waals surface area contributed by atoms with E-state index in [2.05, 4.69) is 54.1 Å². The minimum Gasteiger partial charge on any atom is -0.378 e. The zero-order chi connectivity index (χ0) is 14.5. The van der Waals surface area contributed by atoms with Gasteiger partial charge in [0.05, 0.1) is 12.2 Å². The summed E-state index contributed by atoms with van der Waals surface area (Å²) in [7, 11) is 0. The van der Waals surface area contributed by atoms with Crippen LogP contribution in [0.4, 0.5) is 5.69 Å². The number of imidazole rings is 1. The number of nitrogens with zero attached hydrogens (tertiary/aromatic N) is 1. The second-order valence-electron chi connectivity index (χ2n) is 4.53. The molecule has 2 rings (SSSR count). The van der Waals surface area contributed by atoms with E-state index in [1.807, 2.05) is 18.2 Å². The molecule has 2 N–H and O–H groups in total. The summed E-state index contributed by atoms with van der Waals surface area (Å²) >= 11 is 13.1. The topological polar surface area (TPSA) is 40.7 Å². The van der Waals surface area contributed by atoms with Crippen molar-refractivity contribution < 1.29 is 0 Å². The van der Waals surface area contributed by atoms with Crippen molar-refractivity contribution in [2.24, 2.45) is 0 Å². The molecule has 0 bridgehead atoms. The third-order valence-electron chi connectivity index (χ3n) is 2.93. The lowest BCUT2D eigenvalue weighted by Gasteiger charge is -2.08. The van der Waals surface area contributed by atoms with Gasteiger partial charge >= 0.3 is 0 Å². The average Bonchev–Trinajstić information content (AvgIpc) is 2.78. The number of unbranched alkanes of at least 4 members (excludes halogenated alkanes) is 1. The average molecular weight is 422 g/mol. The van der Waals surface area contributed by atoms with Gasteiger partial charge in [-0.3, -0.25) is 0 Å². The van der Waals surface area contributed by atoms with E-state index in [4.69, 9.17) is 11.6 Å². The molecule has 0 atom stereocenters. The lowest BCUT2D eigenvalue weighted by molar-refractivity contribution is 0.760. The van der Waals surface area contributed by atoms with Crippen molar-refractivity contribution in [3.8, 4) is 0 Å². The highest BCUT2D eigenvalue weighted by Gasteiger charge is 2.08. The first kappa shape index (κ1) is 15.9. The molecule has 108 valence electrons. The van der Waals surface area contributed by atoms with Crippen LogP contribution in [-0.4, -0.2) is 9.97 Å². The molecular formula is C14H16Br2ClN3. The van der Waals surface area contributed by atoms with Crippen LogP contribution in [0, 0.1) is 0 Å². The van der Waals surface area contributed by atoms with Crippen molar-refractivity contribution in [2.75, 3.05) is 5.32 Å². The van der Waals surface area contributed by atoms with Gasteiger partial charge in [-0.1, -0.05) is 40.9 Å². The van der Waals surface area contributed by atoms with Crippen LogP contribution in [0.2, 0.25) is 5.15 Å². The normalized spacial score (nSPS) is 10.8. The number of H-pyrrole nitrogens is 1. The molecule has 0 saturated carbocycles. The molecule has 0 radical (unpaired) electrons. The summed E-state index contributed by atoms with van der Waals surface area (Å²) in [5.41, 5.74) is 1.93. The first-order valence-electron chi connectivity index (χ1n) is 6.52. The van der Waals surface area contributed by atoms with Gasteiger partial charge in [-0.15, -0.1) is 0 Å². The van der Waals surface area contributed by atoms with E-state index in [1.165, 1.54) is 0 Å². The maximum absolute atomic E-state index is 6.16. The Balaban J connectivity index is 2.03. The molecule has 20 heavy (non-hydrogen) atoms. The largest absolute Gasteiger partial charge is 0.378 e. The molecule has 0 aliphatic carbocycles. The minimum absolute atomic E-state index is 0.551. The molecule has 0 aliphatic heterocycles. The van der Waals surface area contributed by atoms with E-state index >= 15 is 0 Å². The van der Waals surface area contributed by atoms with Gasteiger partial charge in [0.2, 0.25) is 0 Å². The van der Waals surface area contributed by atoms with E-state index in [9.17, 15) is 0 Å². The highest BCUT2D eigenvalue weighted by Crippen LogP contribution is 2.27. The Bertz CT molecular complexity index is 584. The molecule has 0 unspecified atom stereocenters. The second kappa shape index (κ2) is 7.48. The Morgan fingerprint density at radius 2 is 2.15 bits per heavy atom. The van der Waals surface area contributed by atoms with Gasteiger partial charge in [0, 0.05) is 21.1 Å². The minimum atomic E-state index is 0.551. The number of nitrogens with one attached hydrogen (secondary N) is 2. The molecule has 0 amide bonds. The number of benzene rings is 1. The van der Waals surface area contributed by atoms with Crippen LogP contribution in [0.1, 0.15) is 31.3 Å². The molecule has 0 fully saturated rings. The molecule has 1 aromatic carbocycles. The Kier molecular flexibility index (Phi) is 5.93. The molecule has 3 nitrogen and oxygen atoms in total. The fourth-order valence-electron chi connectivity index (χ4n) is 1.84. The molecular weight excluding hydrogens is 405 g/mol. The van der Waals surface area contributed by atoms with Gasteiger partial charge < -0.3 is 10.3 Å². The van der Waals surface area contributed by atoms with Crippen molar-refractivity contribution in [1.29, 1.82) is 0 Å². The Morgan fingerprint density at radius 1 is 1.35 bits per heavy atom. The molecule has 0 saturated heterocycles. The fraction of sp³-hybridized carbons (Fsp3) is 0.357. The maximum Gasteiger partial charge on any atom is 0.152 e. The molecule has 1 aromatic heterocycles. The number of anilines is 1. The molecule has 1 heterocycles. The number of aromatic amines is 1. The van der Waals surface area contributed by atoms with Gasteiger partial charge in [-0.05, 0) is 40.5 Å². The van der Waals surface area contributed by atoms with Crippen molar-refractivity contribution >= 4 is 49.1 Å². The summed E-state index contributed by atoms with van der Waals surface area (Å²) < 4.78 is 2.05. The Labute approximate surface area is 140 Å². The SMILES string of the molecule is CCCCc1nc(Cl)c(CNc2cc(Br)ccc2Br)[nH]1. The van der Waals surface area contributed by atoms with Crippen LogP contribution in [0.15, 0.2) is 27.1 Å². The van der Waals surface area contributed by atoms with Crippen molar-refractivity contribution in [3.05, 3.63) is 43.8 Å². The van der Waals surface area contributed by atoms with E-state index < -0.39 is 0 Å². The summed E-state index contributed by atoms with van der Waals surface area (Å²) in [6, 6.07) is 6.00. The van der Waals surface area contributed by atoms with Crippen LogP contribution in [0.25, 0.3) is 0 Å². The summed E-state index contributed by atoms with van der Waals surface area (Å²) in [6.45, 7) is 2.78. The first-order valence-corrected chi connectivity index (χ1v) is 8.48. The van der Waals surface area contributed by atoms with Crippen LogP contribution in [0.5, 0.6) is 0 Å². The van der Waals surface area contributed by atoms with E-state index in [0.717, 1.165) is 45.4 Å². The van der Waals surface area contributed by atoms with Crippen molar-refractivity contribution in [3.63, 3.8) is 0 Å². The lowest BCUT2D eigenvalue weighted by Crippen LogP contribution is -2.01. The van der Waals surface area contributed by atoms with Gasteiger partial charge in [0.15, 0.2) is 5.15 Å². The van der Waals surface area contributed by atoms with E-state index in [0.29, 0.717) is 11.7 Å². The Morgan fingerprint density at radius 3 is 2.90 bits per heavy atom. The summed E-state index contributed by atoms with van der Waals surface area (Å²) in [5.74, 6) is 0.960. The van der Waals surface area contributed by atoms with Crippen LogP contribution in [-0.2, 0) is 13.0 Å². The zero-order valence-corrected chi connectivity index (χ0v) is 15.1. The molecule has 0 spiro atoms. The quantitative estimate of drug-likeness (QED) is 0.643. The number of halogens is 3. The summed E-state index contributed by atoms with van der Waals surface area (Å²) in [6.07, 6.45) is 3.21. The first-order chi connectivity index (χ1) is 9.60. The highest BCUT2D eigenvalue weighted by atomic mass is 79.9. The second-order valence-corrected chi connectivity index (χ2v) is 6.66. The van der Waals surface area contributed by atoms with E-state index in [-0.39, 0.29) is 0 Å². The summed E-state index contributed by atoms with van der Waals surface area (Å²) in [5, 5.41) is 3.90. The van der Waals surface area contributed by atoms with Crippen LogP contribution < -0.4 is 5.32 Å². The summed E-state index contributed by atoms with van der Waals surface area (Å²) in [4.78, 5) is 7.64. The Hall–Kier alpha value is -0.520. The van der Waals surface area contributed by atoms with Crippen molar-refractivity contribution in [2.45, 2.75) is 32.7 Å². The van der Waals surface area contributed by atoms with Crippen LogP contribution in [0.3, 0.4) is 0 Å². The lowest BCUT2D eigenvalue weighted by atomic mass is 10.2. The smallest absolute Gasteiger partial charge is 0.152 e. The van der Waals surface area contributed by atoms with Gasteiger partial charge in [0.1, 0.15) is 5.82 Å². The number of hydrogen-bond acceptors (Lipinski definition) is 2. The maximum atomic E-state index is 6.16. The molecule has 2 aromatic rings. The molecule has 6 heteroatoms. The van der Waals surface area contributed by atoms with Gasteiger partial charge in [0.25, 0.3) is 0 Å². The number of aryl methyl sites for hydroxylation is 1. The fourth-order valence-corrected chi connectivity index (χ4v) is 2.80. The predicted octanol–water partition coefficient (Wildman–Crippen LogP) is 5.54. The van der Waals surface area contributed by atoms with E-state index in [1.54, 1.807) is 0 Å². The number of aromatic nitrogens is 2. The standard InChI is InChI=1S/C14H16Br2ClN3/c1-2-3-4-13-19-12(14(17)20-13)8-18-11-7-9(15)5-6-10(11)16/h5-7,18H,2-4,8H2,1H3,(H,19,20). The molecule has 0 aliphatic rings.